The molecule has 7 heteroatoms. The fourth-order valence-corrected chi connectivity index (χ4v) is 4.86. The predicted molar refractivity (Wildman–Crippen MR) is 131 cm³/mol. The van der Waals surface area contributed by atoms with Crippen molar-refractivity contribution < 1.29 is 0 Å². The summed E-state index contributed by atoms with van der Waals surface area (Å²) in [7, 11) is 0. The zero-order valence-corrected chi connectivity index (χ0v) is 20.7. The van der Waals surface area contributed by atoms with Gasteiger partial charge < -0.3 is 10.6 Å². The Morgan fingerprint density at radius 3 is 2.57 bits per heavy atom. The van der Waals surface area contributed by atoms with Crippen molar-refractivity contribution in [1.82, 2.24) is 20.5 Å². The average molecular weight is 520 g/mol. The van der Waals surface area contributed by atoms with Gasteiger partial charge in [-0.15, -0.1) is 35.3 Å². The lowest BCUT2D eigenvalue weighted by atomic mass is 9.95. The number of nitrogens with one attached hydrogen (secondary N) is 2. The first-order valence-electron chi connectivity index (χ1n) is 11.0. The minimum Gasteiger partial charge on any atom is -0.357 e. The normalized spacial score (nSPS) is 20.0. The maximum atomic E-state index is 4.92. The molecule has 1 saturated carbocycles. The quantitative estimate of drug-likeness (QED) is 0.318. The fraction of sp³-hybridized carbons (Fsp3) is 0.810. The summed E-state index contributed by atoms with van der Waals surface area (Å²) < 4.78 is 0. The Hall–Kier alpha value is -0.410. The zero-order chi connectivity index (χ0) is 18.9. The van der Waals surface area contributed by atoms with Crippen LogP contribution in [0.2, 0.25) is 0 Å². The van der Waals surface area contributed by atoms with E-state index in [9.17, 15) is 0 Å². The topological polar surface area (TPSA) is 52.6 Å². The molecule has 1 aliphatic carbocycles. The van der Waals surface area contributed by atoms with Crippen LogP contribution < -0.4 is 10.6 Å². The first kappa shape index (κ1) is 23.9. The van der Waals surface area contributed by atoms with Crippen LogP contribution in [-0.2, 0) is 13.0 Å². The van der Waals surface area contributed by atoms with Crippen molar-refractivity contribution in [2.45, 2.75) is 77.8 Å². The largest absolute Gasteiger partial charge is 0.357 e. The Labute approximate surface area is 192 Å². The zero-order valence-electron chi connectivity index (χ0n) is 17.6. The van der Waals surface area contributed by atoms with E-state index < -0.39 is 0 Å². The summed E-state index contributed by atoms with van der Waals surface area (Å²) in [6.45, 7) is 9.57. The molecule has 1 aliphatic heterocycles. The van der Waals surface area contributed by atoms with Crippen LogP contribution in [0.1, 0.15) is 69.5 Å². The molecule has 28 heavy (non-hydrogen) atoms. The summed E-state index contributed by atoms with van der Waals surface area (Å²) >= 11 is 1.80. The van der Waals surface area contributed by atoms with E-state index in [4.69, 9.17) is 9.98 Å². The molecule has 0 amide bonds. The van der Waals surface area contributed by atoms with Crippen LogP contribution in [0.15, 0.2) is 10.4 Å². The van der Waals surface area contributed by atoms with Crippen LogP contribution in [0.5, 0.6) is 0 Å². The Morgan fingerprint density at radius 1 is 1.18 bits per heavy atom. The summed E-state index contributed by atoms with van der Waals surface area (Å²) in [6.07, 6.45) is 10.2. The minimum atomic E-state index is 0. The van der Waals surface area contributed by atoms with Gasteiger partial charge in [0.05, 0.1) is 10.7 Å². The van der Waals surface area contributed by atoms with Crippen molar-refractivity contribution in [3.05, 3.63) is 16.1 Å². The van der Waals surface area contributed by atoms with E-state index in [1.165, 1.54) is 68.7 Å². The molecule has 0 unspecified atom stereocenters. The number of halogens is 1. The monoisotopic (exact) mass is 519 g/mol. The van der Waals surface area contributed by atoms with Gasteiger partial charge in [0.1, 0.15) is 0 Å². The number of piperidine rings is 1. The molecular weight excluding hydrogens is 481 g/mol. The van der Waals surface area contributed by atoms with E-state index >= 15 is 0 Å². The van der Waals surface area contributed by atoms with E-state index in [1.54, 1.807) is 11.3 Å². The van der Waals surface area contributed by atoms with Crippen molar-refractivity contribution in [3.63, 3.8) is 0 Å². The summed E-state index contributed by atoms with van der Waals surface area (Å²) in [4.78, 5) is 12.2. The van der Waals surface area contributed by atoms with E-state index in [0.717, 1.165) is 32.0 Å². The number of thiazole rings is 1. The van der Waals surface area contributed by atoms with Crippen molar-refractivity contribution in [2.24, 2.45) is 10.9 Å². The van der Waals surface area contributed by atoms with Crippen molar-refractivity contribution in [2.75, 3.05) is 26.2 Å². The molecule has 1 aromatic heterocycles. The number of hydrogen-bond donors (Lipinski definition) is 2. The van der Waals surface area contributed by atoms with Gasteiger partial charge in [-0.05, 0) is 58.0 Å². The third-order valence-electron chi connectivity index (χ3n) is 5.79. The summed E-state index contributed by atoms with van der Waals surface area (Å²) in [5.74, 6) is 1.74. The number of aliphatic imine (C=N–C) groups is 1. The SMILES string of the molecule is CCNC(=NCC1CCN(Cc2csc(CC)n2)CC1)NC1CCCCC1.I. The molecule has 1 saturated heterocycles. The van der Waals surface area contributed by atoms with Gasteiger partial charge in [-0.25, -0.2) is 4.98 Å². The van der Waals surface area contributed by atoms with Crippen LogP contribution >= 0.6 is 35.3 Å². The second-order valence-corrected chi connectivity index (χ2v) is 8.95. The van der Waals surface area contributed by atoms with Gasteiger partial charge in [0.25, 0.3) is 0 Å². The molecule has 2 aliphatic rings. The Bertz CT molecular complexity index is 577. The second-order valence-electron chi connectivity index (χ2n) is 8.00. The Kier molecular flexibility index (Phi) is 11.1. The van der Waals surface area contributed by atoms with Crippen molar-refractivity contribution in [1.29, 1.82) is 0 Å². The lowest BCUT2D eigenvalue weighted by Crippen LogP contribution is -2.44. The number of rotatable bonds is 7. The van der Waals surface area contributed by atoms with Crippen LogP contribution in [0.25, 0.3) is 0 Å². The number of hydrogen-bond acceptors (Lipinski definition) is 4. The highest BCUT2D eigenvalue weighted by Crippen LogP contribution is 2.21. The van der Waals surface area contributed by atoms with Crippen molar-refractivity contribution >= 4 is 41.3 Å². The molecule has 160 valence electrons. The summed E-state index contributed by atoms with van der Waals surface area (Å²) in [5, 5.41) is 10.6. The molecular formula is C21H38IN5S. The highest BCUT2D eigenvalue weighted by atomic mass is 127. The predicted octanol–water partition coefficient (Wildman–Crippen LogP) is 4.42. The first-order valence-corrected chi connectivity index (χ1v) is 11.8. The van der Waals surface area contributed by atoms with E-state index in [0.29, 0.717) is 12.0 Å². The number of guanidine groups is 1. The average Bonchev–Trinajstić information content (AvgIpc) is 3.16. The smallest absolute Gasteiger partial charge is 0.191 e. The molecule has 0 aromatic carbocycles. The van der Waals surface area contributed by atoms with Gasteiger partial charge in [0, 0.05) is 31.1 Å². The van der Waals surface area contributed by atoms with Gasteiger partial charge in [-0.3, -0.25) is 9.89 Å². The van der Waals surface area contributed by atoms with Crippen LogP contribution in [0.4, 0.5) is 0 Å². The lowest BCUT2D eigenvalue weighted by Gasteiger charge is -2.31. The van der Waals surface area contributed by atoms with Crippen LogP contribution in [0, 0.1) is 5.92 Å². The molecule has 2 fully saturated rings. The van der Waals surface area contributed by atoms with Crippen LogP contribution in [0.3, 0.4) is 0 Å². The summed E-state index contributed by atoms with van der Waals surface area (Å²) in [5.41, 5.74) is 1.25. The molecule has 0 atom stereocenters. The highest BCUT2D eigenvalue weighted by Gasteiger charge is 2.20. The maximum absolute atomic E-state index is 4.92. The van der Waals surface area contributed by atoms with Gasteiger partial charge in [-0.2, -0.15) is 0 Å². The molecule has 2 heterocycles. The highest BCUT2D eigenvalue weighted by molar-refractivity contribution is 14.0. The van der Waals surface area contributed by atoms with Gasteiger partial charge in [-0.1, -0.05) is 26.2 Å². The number of aromatic nitrogens is 1. The van der Waals surface area contributed by atoms with Crippen molar-refractivity contribution in [3.8, 4) is 0 Å². The fourth-order valence-electron chi connectivity index (χ4n) is 4.12. The standard InChI is InChI=1S/C21H37N5S.HI/c1-3-20-24-19(16-27-20)15-26-12-10-17(11-13-26)14-23-21(22-4-2)25-18-8-6-5-7-9-18;/h16-18H,3-15H2,1-2H3,(H2,22,23,25);1H. The second kappa shape index (κ2) is 13.0. The Balaban J connectivity index is 0.00000280. The lowest BCUT2D eigenvalue weighted by molar-refractivity contribution is 0.179. The third kappa shape index (κ3) is 7.78. The first-order chi connectivity index (χ1) is 13.3. The summed E-state index contributed by atoms with van der Waals surface area (Å²) in [6, 6.07) is 0.615. The van der Waals surface area contributed by atoms with Gasteiger partial charge in [0.15, 0.2) is 5.96 Å². The molecule has 0 radical (unpaired) electrons. The molecule has 0 spiro atoms. The number of nitrogens with zero attached hydrogens (tertiary/aromatic N) is 3. The van der Waals surface area contributed by atoms with E-state index in [1.807, 2.05) is 0 Å². The molecule has 1 aromatic rings. The van der Waals surface area contributed by atoms with Gasteiger partial charge >= 0.3 is 0 Å². The molecule has 5 nitrogen and oxygen atoms in total. The third-order valence-corrected chi connectivity index (χ3v) is 6.83. The molecule has 2 N–H and O–H groups in total. The van der Waals surface area contributed by atoms with E-state index in [2.05, 4.69) is 34.8 Å². The number of likely N-dealkylation sites (tertiary alicyclic amines) is 1. The van der Waals surface area contributed by atoms with Crippen LogP contribution in [-0.4, -0.2) is 48.1 Å². The number of aryl methyl sites for hydroxylation is 1. The van der Waals surface area contributed by atoms with Gasteiger partial charge in [0.2, 0.25) is 0 Å². The molecule has 3 rings (SSSR count). The Morgan fingerprint density at radius 2 is 1.93 bits per heavy atom. The molecule has 0 bridgehead atoms. The maximum Gasteiger partial charge on any atom is 0.191 e. The minimum absolute atomic E-state index is 0. The van der Waals surface area contributed by atoms with E-state index in [-0.39, 0.29) is 24.0 Å².